The van der Waals surface area contributed by atoms with E-state index in [9.17, 15) is 0 Å². The standard InChI is InChI=1S/C12H9Cl3N2/c1-6-7(2)12(15)17-16-11(6)8-3-9(13)5-10(14)4-8/h3-5H,1-2H3. The fourth-order valence-corrected chi connectivity index (χ4v) is 2.25. The lowest BCUT2D eigenvalue weighted by Gasteiger charge is -2.08. The molecule has 5 heteroatoms. The van der Waals surface area contributed by atoms with Crippen LogP contribution >= 0.6 is 34.8 Å². The van der Waals surface area contributed by atoms with Crippen LogP contribution in [-0.4, -0.2) is 10.2 Å². The van der Waals surface area contributed by atoms with Crippen molar-refractivity contribution >= 4 is 34.8 Å². The van der Waals surface area contributed by atoms with E-state index in [1.54, 1.807) is 18.2 Å². The number of aromatic nitrogens is 2. The van der Waals surface area contributed by atoms with Crippen molar-refractivity contribution in [3.63, 3.8) is 0 Å². The number of hydrogen-bond acceptors (Lipinski definition) is 2. The van der Waals surface area contributed by atoms with E-state index in [0.29, 0.717) is 15.2 Å². The molecule has 0 amide bonds. The first-order valence-corrected chi connectivity index (χ1v) is 6.08. The molecule has 0 spiro atoms. The van der Waals surface area contributed by atoms with Crippen molar-refractivity contribution in [1.82, 2.24) is 10.2 Å². The van der Waals surface area contributed by atoms with E-state index in [1.807, 2.05) is 13.8 Å². The van der Waals surface area contributed by atoms with Gasteiger partial charge in [0.05, 0.1) is 5.69 Å². The van der Waals surface area contributed by atoms with Crippen LogP contribution in [0.1, 0.15) is 11.1 Å². The van der Waals surface area contributed by atoms with Gasteiger partial charge in [-0.15, -0.1) is 10.2 Å². The van der Waals surface area contributed by atoms with E-state index in [4.69, 9.17) is 34.8 Å². The third kappa shape index (κ3) is 2.54. The van der Waals surface area contributed by atoms with Crippen molar-refractivity contribution in [3.8, 4) is 11.3 Å². The minimum atomic E-state index is 0.416. The fraction of sp³-hybridized carbons (Fsp3) is 0.167. The second-order valence-electron chi connectivity index (χ2n) is 3.75. The molecule has 2 rings (SSSR count). The molecule has 0 atom stereocenters. The Hall–Kier alpha value is -0.830. The molecule has 1 aromatic carbocycles. The summed E-state index contributed by atoms with van der Waals surface area (Å²) in [5.41, 5.74) is 3.47. The van der Waals surface area contributed by atoms with Crippen LogP contribution in [-0.2, 0) is 0 Å². The lowest BCUT2D eigenvalue weighted by atomic mass is 10.0. The summed E-state index contributed by atoms with van der Waals surface area (Å²) in [6, 6.07) is 5.29. The second kappa shape index (κ2) is 4.81. The van der Waals surface area contributed by atoms with Gasteiger partial charge in [0.15, 0.2) is 5.15 Å². The molecular formula is C12H9Cl3N2. The van der Waals surface area contributed by atoms with Crippen LogP contribution in [0.25, 0.3) is 11.3 Å². The van der Waals surface area contributed by atoms with E-state index < -0.39 is 0 Å². The Morgan fingerprint density at radius 3 is 2.00 bits per heavy atom. The zero-order chi connectivity index (χ0) is 12.6. The van der Waals surface area contributed by atoms with Gasteiger partial charge < -0.3 is 0 Å². The number of hydrogen-bond donors (Lipinski definition) is 0. The normalized spacial score (nSPS) is 10.6. The summed E-state index contributed by atoms with van der Waals surface area (Å²) in [6.45, 7) is 3.85. The predicted octanol–water partition coefficient (Wildman–Crippen LogP) is 4.72. The van der Waals surface area contributed by atoms with Crippen molar-refractivity contribution in [2.45, 2.75) is 13.8 Å². The van der Waals surface area contributed by atoms with Crippen molar-refractivity contribution in [3.05, 3.63) is 44.5 Å². The summed E-state index contributed by atoms with van der Waals surface area (Å²) in [5, 5.41) is 9.55. The highest BCUT2D eigenvalue weighted by Gasteiger charge is 2.11. The lowest BCUT2D eigenvalue weighted by molar-refractivity contribution is 1.00. The molecule has 0 radical (unpaired) electrons. The summed E-state index contributed by atoms with van der Waals surface area (Å²) in [4.78, 5) is 0. The Morgan fingerprint density at radius 2 is 1.41 bits per heavy atom. The van der Waals surface area contributed by atoms with Crippen LogP contribution in [0, 0.1) is 13.8 Å². The monoisotopic (exact) mass is 286 g/mol. The van der Waals surface area contributed by atoms with E-state index in [-0.39, 0.29) is 0 Å². The molecule has 0 aliphatic heterocycles. The summed E-state index contributed by atoms with van der Waals surface area (Å²) in [7, 11) is 0. The molecule has 0 fully saturated rings. The third-order valence-electron chi connectivity index (χ3n) is 2.60. The zero-order valence-corrected chi connectivity index (χ0v) is 11.5. The molecule has 0 unspecified atom stereocenters. The summed E-state index contributed by atoms with van der Waals surface area (Å²) >= 11 is 17.8. The van der Waals surface area contributed by atoms with Gasteiger partial charge in [-0.05, 0) is 43.2 Å². The van der Waals surface area contributed by atoms with E-state index in [0.717, 1.165) is 22.4 Å². The summed E-state index contributed by atoms with van der Waals surface area (Å²) in [6.07, 6.45) is 0. The second-order valence-corrected chi connectivity index (χ2v) is 4.98. The predicted molar refractivity (Wildman–Crippen MR) is 72.0 cm³/mol. The van der Waals surface area contributed by atoms with Crippen LogP contribution in [0.3, 0.4) is 0 Å². The average molecular weight is 288 g/mol. The minimum absolute atomic E-state index is 0.416. The smallest absolute Gasteiger partial charge is 0.149 e. The van der Waals surface area contributed by atoms with Gasteiger partial charge in [0.2, 0.25) is 0 Å². The Balaban J connectivity index is 2.64. The highest BCUT2D eigenvalue weighted by molar-refractivity contribution is 6.35. The number of nitrogens with zero attached hydrogens (tertiary/aromatic N) is 2. The minimum Gasteiger partial charge on any atom is -0.149 e. The number of rotatable bonds is 1. The van der Waals surface area contributed by atoms with Gasteiger partial charge >= 0.3 is 0 Å². The van der Waals surface area contributed by atoms with Gasteiger partial charge in [0.1, 0.15) is 0 Å². The van der Waals surface area contributed by atoms with E-state index in [1.165, 1.54) is 0 Å². The molecule has 0 aliphatic carbocycles. The summed E-state index contributed by atoms with van der Waals surface area (Å²) < 4.78 is 0. The molecule has 17 heavy (non-hydrogen) atoms. The van der Waals surface area contributed by atoms with Gasteiger partial charge in [0, 0.05) is 15.6 Å². The van der Waals surface area contributed by atoms with Gasteiger partial charge in [-0.3, -0.25) is 0 Å². The van der Waals surface area contributed by atoms with Crippen molar-refractivity contribution in [2.24, 2.45) is 0 Å². The molecule has 0 N–H and O–H groups in total. The molecule has 1 heterocycles. The van der Waals surface area contributed by atoms with Crippen molar-refractivity contribution in [1.29, 1.82) is 0 Å². The first-order chi connectivity index (χ1) is 7.99. The van der Waals surface area contributed by atoms with Gasteiger partial charge in [-0.2, -0.15) is 0 Å². The average Bonchev–Trinajstić information content (AvgIpc) is 2.24. The molecule has 0 bridgehead atoms. The maximum Gasteiger partial charge on any atom is 0.154 e. The van der Waals surface area contributed by atoms with Crippen LogP contribution < -0.4 is 0 Å². The quantitative estimate of drug-likeness (QED) is 0.758. The van der Waals surface area contributed by atoms with Gasteiger partial charge in [-0.25, -0.2) is 0 Å². The SMILES string of the molecule is Cc1c(Cl)nnc(-c2cc(Cl)cc(Cl)c2)c1C. The van der Waals surface area contributed by atoms with Gasteiger partial charge in [-0.1, -0.05) is 34.8 Å². The van der Waals surface area contributed by atoms with Crippen LogP contribution in [0.15, 0.2) is 18.2 Å². The third-order valence-corrected chi connectivity index (χ3v) is 3.40. The molecule has 1 aromatic heterocycles. The number of benzene rings is 1. The number of halogens is 3. The molecule has 88 valence electrons. The molecule has 0 saturated heterocycles. The summed E-state index contributed by atoms with van der Waals surface area (Å²) in [5.74, 6) is 0. The molecule has 2 aromatic rings. The zero-order valence-electron chi connectivity index (χ0n) is 9.26. The maximum atomic E-state index is 5.96. The van der Waals surface area contributed by atoms with Gasteiger partial charge in [0.25, 0.3) is 0 Å². The molecule has 0 aliphatic rings. The molecular weight excluding hydrogens is 279 g/mol. The lowest BCUT2D eigenvalue weighted by Crippen LogP contribution is -1.96. The van der Waals surface area contributed by atoms with E-state index in [2.05, 4.69) is 10.2 Å². The highest BCUT2D eigenvalue weighted by Crippen LogP contribution is 2.30. The van der Waals surface area contributed by atoms with Crippen LogP contribution in [0.5, 0.6) is 0 Å². The molecule has 0 saturated carbocycles. The fourth-order valence-electron chi connectivity index (χ4n) is 1.54. The first kappa shape index (κ1) is 12.6. The van der Waals surface area contributed by atoms with Crippen molar-refractivity contribution < 1.29 is 0 Å². The van der Waals surface area contributed by atoms with Crippen LogP contribution in [0.2, 0.25) is 15.2 Å². The highest BCUT2D eigenvalue weighted by atomic mass is 35.5. The van der Waals surface area contributed by atoms with Crippen molar-refractivity contribution in [2.75, 3.05) is 0 Å². The Morgan fingerprint density at radius 1 is 0.824 bits per heavy atom. The van der Waals surface area contributed by atoms with E-state index >= 15 is 0 Å². The maximum absolute atomic E-state index is 5.96. The Labute approximate surface area is 115 Å². The largest absolute Gasteiger partial charge is 0.154 e. The Bertz CT molecular complexity index is 562. The first-order valence-electron chi connectivity index (χ1n) is 4.95. The topological polar surface area (TPSA) is 25.8 Å². The van der Waals surface area contributed by atoms with Crippen LogP contribution in [0.4, 0.5) is 0 Å². The Kier molecular flexibility index (Phi) is 3.57. The molecule has 2 nitrogen and oxygen atoms in total.